The van der Waals surface area contributed by atoms with Crippen molar-refractivity contribution in [3.63, 3.8) is 0 Å². The number of hydrogen-bond donors (Lipinski definition) is 3. The molecule has 0 bridgehead atoms. The number of carbonyl (C=O) groups excluding carboxylic acids is 1. The standard InChI is InChI=1S/C16H19N3O2/c1-11(13-3-2-8-18-10-13)19-16(21)15(17)9-12-4-6-14(20)7-5-12/h2-8,10-11,15,20H,9,17H2,1H3,(H,19,21)/t11?,15-/m1/s1. The lowest BCUT2D eigenvalue weighted by molar-refractivity contribution is -0.123. The third-order valence-electron chi connectivity index (χ3n) is 3.27. The number of aromatic nitrogens is 1. The number of pyridine rings is 1. The average Bonchev–Trinajstić information content (AvgIpc) is 2.50. The van der Waals surface area contributed by atoms with E-state index in [1.54, 1.807) is 36.7 Å². The molecule has 5 nitrogen and oxygen atoms in total. The first kappa shape index (κ1) is 15.0. The molecule has 0 aliphatic rings. The summed E-state index contributed by atoms with van der Waals surface area (Å²) in [5, 5.41) is 12.1. The lowest BCUT2D eigenvalue weighted by Crippen LogP contribution is -2.42. The molecule has 2 atom stereocenters. The van der Waals surface area contributed by atoms with Gasteiger partial charge in [0.05, 0.1) is 12.1 Å². The van der Waals surface area contributed by atoms with E-state index in [9.17, 15) is 9.90 Å². The number of nitrogens with one attached hydrogen (secondary N) is 1. The van der Waals surface area contributed by atoms with Crippen molar-refractivity contribution in [2.24, 2.45) is 5.73 Å². The molecule has 0 radical (unpaired) electrons. The SMILES string of the molecule is CC(NC(=O)[C@H](N)Cc1ccc(O)cc1)c1cccnc1. The van der Waals surface area contributed by atoms with E-state index in [1.807, 2.05) is 19.1 Å². The number of rotatable bonds is 5. The summed E-state index contributed by atoms with van der Waals surface area (Å²) in [4.78, 5) is 16.1. The molecule has 1 heterocycles. The van der Waals surface area contributed by atoms with Crippen LogP contribution >= 0.6 is 0 Å². The van der Waals surface area contributed by atoms with Crippen LogP contribution < -0.4 is 11.1 Å². The highest BCUT2D eigenvalue weighted by Gasteiger charge is 2.17. The Hall–Kier alpha value is -2.40. The molecule has 0 saturated carbocycles. The highest BCUT2D eigenvalue weighted by Crippen LogP contribution is 2.12. The molecule has 1 unspecified atom stereocenters. The molecule has 1 aromatic carbocycles. The maximum Gasteiger partial charge on any atom is 0.237 e. The lowest BCUT2D eigenvalue weighted by Gasteiger charge is -2.17. The van der Waals surface area contributed by atoms with E-state index in [1.165, 1.54) is 0 Å². The number of aromatic hydroxyl groups is 1. The van der Waals surface area contributed by atoms with E-state index in [4.69, 9.17) is 5.73 Å². The second kappa shape index (κ2) is 6.85. The number of nitrogens with two attached hydrogens (primary N) is 1. The maximum absolute atomic E-state index is 12.1. The van der Waals surface area contributed by atoms with E-state index in [0.29, 0.717) is 6.42 Å². The zero-order valence-electron chi connectivity index (χ0n) is 11.9. The Morgan fingerprint density at radius 1 is 1.33 bits per heavy atom. The Bertz CT molecular complexity index is 584. The normalized spacial score (nSPS) is 13.4. The number of carbonyl (C=O) groups is 1. The average molecular weight is 285 g/mol. The molecule has 0 aliphatic heterocycles. The van der Waals surface area contributed by atoms with Crippen LogP contribution in [-0.2, 0) is 11.2 Å². The second-order valence-electron chi connectivity index (χ2n) is 4.99. The van der Waals surface area contributed by atoms with E-state index < -0.39 is 6.04 Å². The summed E-state index contributed by atoms with van der Waals surface area (Å²) in [6.07, 6.45) is 3.83. The largest absolute Gasteiger partial charge is 0.508 e. The number of phenols is 1. The zero-order valence-corrected chi connectivity index (χ0v) is 11.9. The van der Waals surface area contributed by atoms with Crippen LogP contribution in [0.4, 0.5) is 0 Å². The first-order valence-electron chi connectivity index (χ1n) is 6.80. The van der Waals surface area contributed by atoms with Gasteiger partial charge in [0, 0.05) is 12.4 Å². The lowest BCUT2D eigenvalue weighted by atomic mass is 10.0. The van der Waals surface area contributed by atoms with Crippen LogP contribution in [0.3, 0.4) is 0 Å². The predicted molar refractivity (Wildman–Crippen MR) is 80.6 cm³/mol. The van der Waals surface area contributed by atoms with E-state index in [2.05, 4.69) is 10.3 Å². The Balaban J connectivity index is 1.92. The van der Waals surface area contributed by atoms with Crippen LogP contribution in [0.15, 0.2) is 48.8 Å². The highest BCUT2D eigenvalue weighted by atomic mass is 16.3. The number of nitrogens with zero attached hydrogens (tertiary/aromatic N) is 1. The fraction of sp³-hybridized carbons (Fsp3) is 0.250. The molecular weight excluding hydrogens is 266 g/mol. The third-order valence-corrected chi connectivity index (χ3v) is 3.27. The Morgan fingerprint density at radius 3 is 2.67 bits per heavy atom. The highest BCUT2D eigenvalue weighted by molar-refractivity contribution is 5.82. The molecule has 0 aliphatic carbocycles. The molecule has 0 spiro atoms. The summed E-state index contributed by atoms with van der Waals surface area (Å²) in [6.45, 7) is 1.89. The van der Waals surface area contributed by atoms with Gasteiger partial charge in [-0.05, 0) is 42.7 Å². The van der Waals surface area contributed by atoms with Gasteiger partial charge in [-0.1, -0.05) is 18.2 Å². The molecule has 1 aromatic heterocycles. The van der Waals surface area contributed by atoms with Crippen molar-refractivity contribution in [1.82, 2.24) is 10.3 Å². The van der Waals surface area contributed by atoms with Crippen molar-refractivity contribution in [1.29, 1.82) is 0 Å². The summed E-state index contributed by atoms with van der Waals surface area (Å²) in [5.41, 5.74) is 7.76. The van der Waals surface area contributed by atoms with Crippen molar-refractivity contribution in [3.8, 4) is 5.75 Å². The van der Waals surface area contributed by atoms with Gasteiger partial charge < -0.3 is 16.2 Å². The molecule has 21 heavy (non-hydrogen) atoms. The van der Waals surface area contributed by atoms with Gasteiger partial charge in [-0.25, -0.2) is 0 Å². The van der Waals surface area contributed by atoms with Crippen molar-refractivity contribution in [3.05, 3.63) is 59.9 Å². The molecule has 110 valence electrons. The van der Waals surface area contributed by atoms with Gasteiger partial charge >= 0.3 is 0 Å². The second-order valence-corrected chi connectivity index (χ2v) is 4.99. The minimum atomic E-state index is -0.631. The Morgan fingerprint density at radius 2 is 2.05 bits per heavy atom. The van der Waals surface area contributed by atoms with Gasteiger partial charge in [0.15, 0.2) is 0 Å². The summed E-state index contributed by atoms with van der Waals surface area (Å²) in [6, 6.07) is 9.64. The van der Waals surface area contributed by atoms with Crippen molar-refractivity contribution >= 4 is 5.91 Å². The van der Waals surface area contributed by atoms with Crippen LogP contribution in [-0.4, -0.2) is 22.0 Å². The van der Waals surface area contributed by atoms with E-state index in [-0.39, 0.29) is 17.7 Å². The van der Waals surface area contributed by atoms with Gasteiger partial charge in [0.1, 0.15) is 5.75 Å². The number of benzene rings is 1. The van der Waals surface area contributed by atoms with Crippen molar-refractivity contribution in [2.45, 2.75) is 25.4 Å². The molecule has 5 heteroatoms. The molecular formula is C16H19N3O2. The summed E-state index contributed by atoms with van der Waals surface area (Å²) >= 11 is 0. The van der Waals surface area contributed by atoms with Crippen LogP contribution in [0, 0.1) is 0 Å². The quantitative estimate of drug-likeness (QED) is 0.777. The van der Waals surface area contributed by atoms with Crippen molar-refractivity contribution in [2.75, 3.05) is 0 Å². The summed E-state index contributed by atoms with van der Waals surface area (Å²) in [7, 11) is 0. The molecule has 2 rings (SSSR count). The van der Waals surface area contributed by atoms with E-state index >= 15 is 0 Å². The Labute approximate surface area is 123 Å². The number of amides is 1. The predicted octanol–water partition coefficient (Wildman–Crippen LogP) is 1.53. The first-order valence-corrected chi connectivity index (χ1v) is 6.80. The molecule has 2 aromatic rings. The molecule has 4 N–H and O–H groups in total. The summed E-state index contributed by atoms with van der Waals surface area (Å²) < 4.78 is 0. The zero-order chi connectivity index (χ0) is 15.2. The maximum atomic E-state index is 12.1. The molecule has 1 amide bonds. The topological polar surface area (TPSA) is 88.2 Å². The van der Waals surface area contributed by atoms with Crippen LogP contribution in [0.5, 0.6) is 5.75 Å². The third kappa shape index (κ3) is 4.29. The summed E-state index contributed by atoms with van der Waals surface area (Å²) in [5.74, 6) is -0.0126. The van der Waals surface area contributed by atoms with Gasteiger partial charge in [-0.15, -0.1) is 0 Å². The van der Waals surface area contributed by atoms with Gasteiger partial charge in [-0.2, -0.15) is 0 Å². The van der Waals surface area contributed by atoms with Crippen molar-refractivity contribution < 1.29 is 9.90 Å². The smallest absolute Gasteiger partial charge is 0.237 e. The monoisotopic (exact) mass is 285 g/mol. The first-order chi connectivity index (χ1) is 10.1. The van der Waals surface area contributed by atoms with Gasteiger partial charge in [0.2, 0.25) is 5.91 Å². The van der Waals surface area contributed by atoms with Gasteiger partial charge in [-0.3, -0.25) is 9.78 Å². The fourth-order valence-corrected chi connectivity index (χ4v) is 2.01. The molecule has 0 fully saturated rings. The molecule has 0 saturated heterocycles. The van der Waals surface area contributed by atoms with Crippen LogP contribution in [0.25, 0.3) is 0 Å². The minimum absolute atomic E-state index is 0.142. The minimum Gasteiger partial charge on any atom is -0.508 e. The number of phenolic OH excluding ortho intramolecular Hbond substituents is 1. The van der Waals surface area contributed by atoms with Crippen LogP contribution in [0.2, 0.25) is 0 Å². The number of hydrogen-bond acceptors (Lipinski definition) is 4. The van der Waals surface area contributed by atoms with Crippen LogP contribution in [0.1, 0.15) is 24.1 Å². The van der Waals surface area contributed by atoms with Gasteiger partial charge in [0.25, 0.3) is 0 Å². The van der Waals surface area contributed by atoms with E-state index in [0.717, 1.165) is 11.1 Å². The fourth-order valence-electron chi connectivity index (χ4n) is 2.01. The Kier molecular flexibility index (Phi) is 4.90.